The molecular weight excluding hydrogens is 184 g/mol. The van der Waals surface area contributed by atoms with Gasteiger partial charge in [0.2, 0.25) is 0 Å². The summed E-state index contributed by atoms with van der Waals surface area (Å²) in [6.07, 6.45) is -0.152. The Morgan fingerprint density at radius 1 is 1.00 bits per heavy atom. The first kappa shape index (κ1) is 10.2. The summed E-state index contributed by atoms with van der Waals surface area (Å²) in [5, 5.41) is 17.0. The maximum atomic E-state index is 10.4. The Bertz CT molecular complexity index is 326. The van der Waals surface area contributed by atoms with Gasteiger partial charge in [0.1, 0.15) is 0 Å². The SMILES string of the molecule is O=C(O)Cc1cccc(CC(=O)O)c1. The zero-order valence-corrected chi connectivity index (χ0v) is 7.43. The summed E-state index contributed by atoms with van der Waals surface area (Å²) in [4.78, 5) is 20.8. The van der Waals surface area contributed by atoms with Gasteiger partial charge in [-0.25, -0.2) is 0 Å². The Morgan fingerprint density at radius 3 is 1.79 bits per heavy atom. The van der Waals surface area contributed by atoms with Crippen LogP contribution in [0.5, 0.6) is 0 Å². The predicted molar refractivity (Wildman–Crippen MR) is 49.1 cm³/mol. The molecule has 0 atom stereocenters. The molecule has 0 radical (unpaired) electrons. The fraction of sp³-hybridized carbons (Fsp3) is 0.200. The zero-order chi connectivity index (χ0) is 10.6. The van der Waals surface area contributed by atoms with Crippen molar-refractivity contribution >= 4 is 11.9 Å². The van der Waals surface area contributed by atoms with E-state index in [1.165, 1.54) is 0 Å². The Labute approximate surface area is 80.8 Å². The van der Waals surface area contributed by atoms with Crippen LogP contribution in [0.25, 0.3) is 0 Å². The summed E-state index contributed by atoms with van der Waals surface area (Å²) in [5.74, 6) is -1.84. The first-order valence-corrected chi connectivity index (χ1v) is 4.09. The van der Waals surface area contributed by atoms with E-state index >= 15 is 0 Å². The molecule has 0 heterocycles. The van der Waals surface area contributed by atoms with Crippen LogP contribution in [0.15, 0.2) is 24.3 Å². The molecule has 0 aliphatic heterocycles. The molecule has 4 heteroatoms. The van der Waals surface area contributed by atoms with Crippen molar-refractivity contribution in [2.24, 2.45) is 0 Å². The molecule has 0 amide bonds. The number of carboxylic acid groups (broad SMARTS) is 2. The van der Waals surface area contributed by atoms with E-state index in [9.17, 15) is 9.59 Å². The number of hydrogen-bond acceptors (Lipinski definition) is 2. The third-order valence-corrected chi connectivity index (χ3v) is 1.70. The first-order chi connectivity index (χ1) is 6.58. The second-order valence-electron chi connectivity index (χ2n) is 2.96. The minimum Gasteiger partial charge on any atom is -0.481 e. The molecule has 14 heavy (non-hydrogen) atoms. The summed E-state index contributed by atoms with van der Waals surface area (Å²) < 4.78 is 0. The molecule has 0 unspecified atom stereocenters. The highest BCUT2D eigenvalue weighted by Crippen LogP contribution is 2.06. The van der Waals surface area contributed by atoms with Crippen LogP contribution in [0.1, 0.15) is 11.1 Å². The van der Waals surface area contributed by atoms with Gasteiger partial charge in [0.15, 0.2) is 0 Å². The number of carbonyl (C=O) groups is 2. The van der Waals surface area contributed by atoms with Crippen LogP contribution in [-0.2, 0) is 22.4 Å². The maximum absolute atomic E-state index is 10.4. The third kappa shape index (κ3) is 3.26. The van der Waals surface area contributed by atoms with E-state index in [0.29, 0.717) is 11.1 Å². The van der Waals surface area contributed by atoms with Crippen molar-refractivity contribution in [3.8, 4) is 0 Å². The summed E-state index contributed by atoms with van der Waals surface area (Å²) in [7, 11) is 0. The van der Waals surface area contributed by atoms with Crippen LogP contribution in [0.3, 0.4) is 0 Å². The molecule has 0 saturated carbocycles. The van der Waals surface area contributed by atoms with Gasteiger partial charge in [0.05, 0.1) is 12.8 Å². The molecule has 0 bridgehead atoms. The van der Waals surface area contributed by atoms with Gasteiger partial charge >= 0.3 is 11.9 Å². The lowest BCUT2D eigenvalue weighted by Crippen LogP contribution is -2.03. The Hall–Kier alpha value is -1.84. The Balaban J connectivity index is 2.78. The molecule has 0 aliphatic rings. The average Bonchev–Trinajstić information content (AvgIpc) is 2.01. The van der Waals surface area contributed by atoms with E-state index < -0.39 is 11.9 Å². The monoisotopic (exact) mass is 194 g/mol. The second kappa shape index (κ2) is 4.41. The van der Waals surface area contributed by atoms with E-state index in [1.54, 1.807) is 24.3 Å². The number of carboxylic acids is 2. The molecule has 1 aromatic rings. The highest BCUT2D eigenvalue weighted by molar-refractivity contribution is 5.72. The topological polar surface area (TPSA) is 74.6 Å². The third-order valence-electron chi connectivity index (χ3n) is 1.70. The van der Waals surface area contributed by atoms with E-state index in [0.717, 1.165) is 0 Å². The van der Waals surface area contributed by atoms with Gasteiger partial charge in [-0.3, -0.25) is 9.59 Å². The molecule has 0 aromatic heterocycles. The van der Waals surface area contributed by atoms with Gasteiger partial charge in [-0.2, -0.15) is 0 Å². The molecule has 2 N–H and O–H groups in total. The van der Waals surface area contributed by atoms with Gasteiger partial charge < -0.3 is 10.2 Å². The van der Waals surface area contributed by atoms with Crippen molar-refractivity contribution in [3.05, 3.63) is 35.4 Å². The first-order valence-electron chi connectivity index (χ1n) is 4.09. The zero-order valence-electron chi connectivity index (χ0n) is 7.43. The van der Waals surface area contributed by atoms with Crippen LogP contribution in [-0.4, -0.2) is 22.2 Å². The van der Waals surface area contributed by atoms with Gasteiger partial charge in [-0.05, 0) is 11.1 Å². The van der Waals surface area contributed by atoms with Crippen LogP contribution in [0.2, 0.25) is 0 Å². The highest BCUT2D eigenvalue weighted by atomic mass is 16.4. The number of aliphatic carboxylic acids is 2. The van der Waals surface area contributed by atoms with Crippen LogP contribution in [0.4, 0.5) is 0 Å². The molecule has 74 valence electrons. The average molecular weight is 194 g/mol. The van der Waals surface area contributed by atoms with Crippen molar-refractivity contribution in [2.45, 2.75) is 12.8 Å². The lowest BCUT2D eigenvalue weighted by Gasteiger charge is -2.00. The lowest BCUT2D eigenvalue weighted by atomic mass is 10.1. The van der Waals surface area contributed by atoms with Crippen molar-refractivity contribution in [1.82, 2.24) is 0 Å². The summed E-state index contributed by atoms with van der Waals surface area (Å²) in [6, 6.07) is 6.59. The second-order valence-corrected chi connectivity index (χ2v) is 2.96. The molecule has 0 saturated heterocycles. The van der Waals surface area contributed by atoms with Crippen molar-refractivity contribution < 1.29 is 19.8 Å². The highest BCUT2D eigenvalue weighted by Gasteiger charge is 2.03. The molecule has 0 fully saturated rings. The van der Waals surface area contributed by atoms with E-state index in [1.807, 2.05) is 0 Å². The molecule has 0 aliphatic carbocycles. The van der Waals surface area contributed by atoms with Gasteiger partial charge in [0.25, 0.3) is 0 Å². The number of benzene rings is 1. The Kier molecular flexibility index (Phi) is 3.23. The fourth-order valence-electron chi connectivity index (χ4n) is 1.20. The smallest absolute Gasteiger partial charge is 0.307 e. The quantitative estimate of drug-likeness (QED) is 0.748. The number of hydrogen-bond donors (Lipinski definition) is 2. The minimum absolute atomic E-state index is 0.0759. The van der Waals surface area contributed by atoms with Crippen molar-refractivity contribution in [3.63, 3.8) is 0 Å². The predicted octanol–water partition coefficient (Wildman–Crippen LogP) is 0.941. The molecule has 0 spiro atoms. The number of rotatable bonds is 4. The van der Waals surface area contributed by atoms with E-state index in [2.05, 4.69) is 0 Å². The van der Waals surface area contributed by atoms with Crippen LogP contribution < -0.4 is 0 Å². The van der Waals surface area contributed by atoms with E-state index in [4.69, 9.17) is 10.2 Å². The summed E-state index contributed by atoms with van der Waals surface area (Å²) in [5.41, 5.74) is 1.24. The van der Waals surface area contributed by atoms with Crippen LogP contribution in [0, 0.1) is 0 Å². The Morgan fingerprint density at radius 2 is 1.43 bits per heavy atom. The molecule has 1 rings (SSSR count). The van der Waals surface area contributed by atoms with Crippen molar-refractivity contribution in [2.75, 3.05) is 0 Å². The summed E-state index contributed by atoms with van der Waals surface area (Å²) in [6.45, 7) is 0. The molecule has 1 aromatic carbocycles. The molecular formula is C10H10O4. The minimum atomic E-state index is -0.919. The standard InChI is InChI=1S/C10H10O4/c11-9(12)5-7-2-1-3-8(4-7)6-10(13)14/h1-4H,5-6H2,(H,11,12)(H,13,14). The van der Waals surface area contributed by atoms with Gasteiger partial charge in [0, 0.05) is 0 Å². The van der Waals surface area contributed by atoms with Gasteiger partial charge in [-0.1, -0.05) is 24.3 Å². The largest absolute Gasteiger partial charge is 0.481 e. The lowest BCUT2D eigenvalue weighted by molar-refractivity contribution is -0.137. The normalized spacial score (nSPS) is 9.71. The maximum Gasteiger partial charge on any atom is 0.307 e. The van der Waals surface area contributed by atoms with Crippen molar-refractivity contribution in [1.29, 1.82) is 0 Å². The van der Waals surface area contributed by atoms with E-state index in [-0.39, 0.29) is 12.8 Å². The van der Waals surface area contributed by atoms with Crippen LogP contribution >= 0.6 is 0 Å². The fourth-order valence-corrected chi connectivity index (χ4v) is 1.20. The molecule has 4 nitrogen and oxygen atoms in total. The van der Waals surface area contributed by atoms with Gasteiger partial charge in [-0.15, -0.1) is 0 Å². The summed E-state index contributed by atoms with van der Waals surface area (Å²) >= 11 is 0.